The molecule has 0 amide bonds. The normalized spacial score (nSPS) is 12.2. The topological polar surface area (TPSA) is 17.1 Å². The minimum Gasteiger partial charge on any atom is -0.309 e. The molecule has 0 aliphatic heterocycles. The van der Waals surface area contributed by atoms with Crippen LogP contribution in [0.4, 0.5) is 0 Å². The lowest BCUT2D eigenvalue weighted by Gasteiger charge is -2.22. The second-order valence-electron chi connectivity index (χ2n) is 12.9. The van der Waals surface area contributed by atoms with Crippen LogP contribution in [0, 0.1) is 0 Å². The molecule has 48 heavy (non-hydrogen) atoms. The molecular formula is C46H29OP. The predicted octanol–water partition coefficient (Wildman–Crippen LogP) is 11.4. The zero-order valence-corrected chi connectivity index (χ0v) is 27.0. The van der Waals surface area contributed by atoms with Gasteiger partial charge in [0.05, 0.1) is 0 Å². The fourth-order valence-electron chi connectivity index (χ4n) is 7.79. The Kier molecular flexibility index (Phi) is 5.92. The average molecular weight is 629 g/mol. The maximum absolute atomic E-state index is 16.3. The van der Waals surface area contributed by atoms with Crippen molar-refractivity contribution in [1.82, 2.24) is 0 Å². The van der Waals surface area contributed by atoms with E-state index in [9.17, 15) is 0 Å². The molecule has 0 atom stereocenters. The number of hydrogen-bond acceptors (Lipinski definition) is 1. The first-order valence-corrected chi connectivity index (χ1v) is 18.1. The van der Waals surface area contributed by atoms with Crippen LogP contribution in [0.5, 0.6) is 0 Å². The summed E-state index contributed by atoms with van der Waals surface area (Å²) in [6.45, 7) is 0. The van der Waals surface area contributed by atoms with Gasteiger partial charge < -0.3 is 4.57 Å². The SMILES string of the molecule is O=P(c1ccc2cc3ccccc3cc2c1)(c1ccc2cc3ccccc3cc2c1)c1ccc2c3ccccc3c3ccccc3c2c1. The molecule has 0 heterocycles. The van der Waals surface area contributed by atoms with E-state index < -0.39 is 7.14 Å². The van der Waals surface area contributed by atoms with Crippen molar-refractivity contribution in [2.45, 2.75) is 0 Å². The van der Waals surface area contributed by atoms with Crippen LogP contribution >= 0.6 is 7.14 Å². The van der Waals surface area contributed by atoms with Crippen LogP contribution in [0.15, 0.2) is 176 Å². The summed E-state index contributed by atoms with van der Waals surface area (Å²) in [6.07, 6.45) is 0. The highest BCUT2D eigenvalue weighted by Crippen LogP contribution is 2.46. The van der Waals surface area contributed by atoms with Crippen LogP contribution in [0.25, 0.3) is 75.4 Å². The minimum atomic E-state index is -3.35. The van der Waals surface area contributed by atoms with Gasteiger partial charge in [0.1, 0.15) is 0 Å². The molecule has 0 aliphatic carbocycles. The Labute approximate surface area is 278 Å². The van der Waals surface area contributed by atoms with Gasteiger partial charge in [-0.05, 0) is 118 Å². The van der Waals surface area contributed by atoms with Crippen LogP contribution in [-0.4, -0.2) is 0 Å². The Morgan fingerprint density at radius 3 is 1.02 bits per heavy atom. The molecule has 0 saturated carbocycles. The molecular weight excluding hydrogens is 599 g/mol. The summed E-state index contributed by atoms with van der Waals surface area (Å²) in [5.74, 6) is 0. The first-order valence-electron chi connectivity index (χ1n) is 16.4. The Hall–Kier alpha value is -5.75. The molecule has 0 radical (unpaired) electrons. The summed E-state index contributed by atoms with van der Waals surface area (Å²) in [5.41, 5.74) is 0. The van der Waals surface area contributed by atoms with Crippen LogP contribution in [0.1, 0.15) is 0 Å². The lowest BCUT2D eigenvalue weighted by molar-refractivity contribution is 0.592. The number of hydrogen-bond donors (Lipinski definition) is 0. The number of fused-ring (bicyclic) bond motifs is 10. The Morgan fingerprint density at radius 2 is 0.562 bits per heavy atom. The van der Waals surface area contributed by atoms with E-state index in [1.165, 1.54) is 48.5 Å². The molecule has 0 spiro atoms. The van der Waals surface area contributed by atoms with Gasteiger partial charge in [0.15, 0.2) is 7.14 Å². The molecule has 1 nitrogen and oxygen atoms in total. The molecule has 0 bridgehead atoms. The summed E-state index contributed by atoms with van der Waals surface area (Å²) < 4.78 is 16.3. The van der Waals surface area contributed by atoms with Crippen molar-refractivity contribution in [2.24, 2.45) is 0 Å². The Balaban J connectivity index is 1.28. The fourth-order valence-corrected chi connectivity index (χ4v) is 10.5. The second-order valence-corrected chi connectivity index (χ2v) is 15.7. The summed E-state index contributed by atoms with van der Waals surface area (Å²) in [6, 6.07) is 62.3. The van der Waals surface area contributed by atoms with Crippen molar-refractivity contribution in [3.8, 4) is 0 Å². The highest BCUT2D eigenvalue weighted by Gasteiger charge is 2.31. The van der Waals surface area contributed by atoms with Gasteiger partial charge in [-0.2, -0.15) is 0 Å². The third kappa shape index (κ3) is 4.08. The maximum Gasteiger partial charge on any atom is 0.171 e. The van der Waals surface area contributed by atoms with Crippen molar-refractivity contribution < 1.29 is 4.57 Å². The summed E-state index contributed by atoms with van der Waals surface area (Å²) in [5, 5.41) is 18.9. The van der Waals surface area contributed by atoms with Gasteiger partial charge in [0.25, 0.3) is 0 Å². The van der Waals surface area contributed by atoms with Crippen LogP contribution in [-0.2, 0) is 4.57 Å². The highest BCUT2D eigenvalue weighted by atomic mass is 31.2. The summed E-state index contributed by atoms with van der Waals surface area (Å²) in [7, 11) is -3.35. The second kappa shape index (κ2) is 10.4. The smallest absolute Gasteiger partial charge is 0.171 e. The van der Waals surface area contributed by atoms with Gasteiger partial charge in [-0.15, -0.1) is 0 Å². The molecule has 0 saturated heterocycles. The molecule has 0 N–H and O–H groups in total. The number of rotatable bonds is 3. The predicted molar refractivity (Wildman–Crippen MR) is 208 cm³/mol. The third-order valence-corrected chi connectivity index (χ3v) is 13.2. The van der Waals surface area contributed by atoms with E-state index in [0.29, 0.717) is 0 Å². The summed E-state index contributed by atoms with van der Waals surface area (Å²) in [4.78, 5) is 0. The zero-order chi connectivity index (χ0) is 31.8. The average Bonchev–Trinajstić information content (AvgIpc) is 3.15. The van der Waals surface area contributed by atoms with Gasteiger partial charge in [-0.3, -0.25) is 0 Å². The molecule has 10 rings (SSSR count). The van der Waals surface area contributed by atoms with Gasteiger partial charge in [0.2, 0.25) is 0 Å². The lowest BCUT2D eigenvalue weighted by atomic mass is 9.94. The van der Waals surface area contributed by atoms with E-state index in [2.05, 4.69) is 176 Å². The summed E-state index contributed by atoms with van der Waals surface area (Å²) >= 11 is 0. The zero-order valence-electron chi connectivity index (χ0n) is 26.1. The first kappa shape index (κ1) is 27.4. The molecule has 224 valence electrons. The lowest BCUT2D eigenvalue weighted by Crippen LogP contribution is -2.25. The first-order chi connectivity index (χ1) is 23.6. The molecule has 0 unspecified atom stereocenters. The molecule has 0 aromatic heterocycles. The molecule has 10 aromatic rings. The van der Waals surface area contributed by atoms with Crippen LogP contribution in [0.2, 0.25) is 0 Å². The Morgan fingerprint density at radius 1 is 0.250 bits per heavy atom. The van der Waals surface area contributed by atoms with E-state index in [4.69, 9.17) is 0 Å². The van der Waals surface area contributed by atoms with E-state index in [1.807, 2.05) is 0 Å². The largest absolute Gasteiger partial charge is 0.309 e. The van der Waals surface area contributed by atoms with Crippen LogP contribution < -0.4 is 15.9 Å². The third-order valence-electron chi connectivity index (χ3n) is 10.2. The highest BCUT2D eigenvalue weighted by molar-refractivity contribution is 7.85. The standard InChI is InChI=1S/C46H29OP/c47-48(38-19-17-34-23-30-9-1-3-11-32(30)25-36(34)27-38,39-20-18-35-24-31-10-2-4-12-33(31)26-37(35)28-39)40-21-22-45-43-15-6-5-13-41(43)42-14-7-8-16-44(42)46(45)29-40/h1-29H. The molecule has 10 aromatic carbocycles. The van der Waals surface area contributed by atoms with E-state index in [-0.39, 0.29) is 0 Å². The maximum atomic E-state index is 16.3. The van der Waals surface area contributed by atoms with E-state index in [1.54, 1.807) is 0 Å². The quantitative estimate of drug-likeness (QED) is 0.108. The van der Waals surface area contributed by atoms with Gasteiger partial charge >= 0.3 is 0 Å². The number of benzene rings is 10. The van der Waals surface area contributed by atoms with E-state index >= 15 is 4.57 Å². The van der Waals surface area contributed by atoms with Crippen molar-refractivity contribution in [3.63, 3.8) is 0 Å². The molecule has 0 fully saturated rings. The fraction of sp³-hybridized carbons (Fsp3) is 0. The van der Waals surface area contributed by atoms with Crippen molar-refractivity contribution in [1.29, 1.82) is 0 Å². The van der Waals surface area contributed by atoms with E-state index in [0.717, 1.165) is 42.8 Å². The van der Waals surface area contributed by atoms with Crippen LogP contribution in [0.3, 0.4) is 0 Å². The van der Waals surface area contributed by atoms with Gasteiger partial charge in [-0.25, -0.2) is 0 Å². The molecule has 2 heteroatoms. The van der Waals surface area contributed by atoms with Crippen molar-refractivity contribution in [3.05, 3.63) is 176 Å². The van der Waals surface area contributed by atoms with Gasteiger partial charge in [-0.1, -0.05) is 133 Å². The van der Waals surface area contributed by atoms with Crippen molar-refractivity contribution in [2.75, 3.05) is 0 Å². The molecule has 0 aliphatic rings. The Bertz CT molecular complexity index is 2830. The van der Waals surface area contributed by atoms with Crippen molar-refractivity contribution >= 4 is 98.5 Å². The minimum absolute atomic E-state index is 0.842. The monoisotopic (exact) mass is 628 g/mol. The van der Waals surface area contributed by atoms with Gasteiger partial charge in [0, 0.05) is 15.9 Å².